The molecule has 3 aliphatic rings. The van der Waals surface area contributed by atoms with Crippen LogP contribution in [0.15, 0.2) is 41.6 Å². The molecule has 2 saturated heterocycles. The van der Waals surface area contributed by atoms with Gasteiger partial charge in [-0.25, -0.2) is 13.4 Å². The molecule has 1 aromatic heterocycles. The van der Waals surface area contributed by atoms with E-state index < -0.39 is 10.0 Å². The molecule has 0 radical (unpaired) electrons. The first-order valence-electron chi connectivity index (χ1n) is 10.4. The summed E-state index contributed by atoms with van der Waals surface area (Å²) in [6.07, 6.45) is 6.71. The SMILES string of the molecule is COc1ccc(S(=O)(=O)N2CCN3C[C@H](Oc4cnc(C5CC5)cn4)C[C@H]3C2)cc1. The molecule has 1 aliphatic carbocycles. The summed E-state index contributed by atoms with van der Waals surface area (Å²) in [7, 11) is -1.96. The van der Waals surface area contributed by atoms with E-state index >= 15 is 0 Å². The molecule has 5 rings (SSSR count). The minimum atomic E-state index is -3.52. The van der Waals surface area contributed by atoms with Gasteiger partial charge in [-0.3, -0.25) is 9.88 Å². The fourth-order valence-corrected chi connectivity index (χ4v) is 5.78. The Kier molecular flexibility index (Phi) is 5.12. The Morgan fingerprint density at radius 3 is 2.50 bits per heavy atom. The number of hydrogen-bond acceptors (Lipinski definition) is 7. The summed E-state index contributed by atoms with van der Waals surface area (Å²) in [6, 6.07) is 6.71. The predicted molar refractivity (Wildman–Crippen MR) is 110 cm³/mol. The number of rotatable bonds is 6. The summed E-state index contributed by atoms with van der Waals surface area (Å²) in [6.45, 7) is 2.44. The molecule has 2 aromatic rings. The van der Waals surface area contributed by atoms with Crippen molar-refractivity contribution >= 4 is 10.0 Å². The first-order valence-corrected chi connectivity index (χ1v) is 11.8. The van der Waals surface area contributed by atoms with Gasteiger partial charge in [0, 0.05) is 44.6 Å². The standard InChI is InChI=1S/C21H26N4O4S/c1-28-17-4-6-19(7-5-17)30(26,27)25-9-8-24-14-18(10-16(24)13-25)29-21-12-22-20(11-23-21)15-2-3-15/h4-7,11-12,15-16,18H,2-3,8-10,13-14H2,1H3/t16-,18+/m0/s1. The molecule has 0 amide bonds. The summed E-state index contributed by atoms with van der Waals surface area (Å²) < 4.78 is 38.9. The van der Waals surface area contributed by atoms with Crippen molar-refractivity contribution in [2.45, 2.75) is 42.2 Å². The van der Waals surface area contributed by atoms with Gasteiger partial charge < -0.3 is 9.47 Å². The van der Waals surface area contributed by atoms with E-state index in [1.165, 1.54) is 12.8 Å². The van der Waals surface area contributed by atoms with E-state index in [9.17, 15) is 8.42 Å². The van der Waals surface area contributed by atoms with Crippen molar-refractivity contribution in [3.8, 4) is 11.6 Å². The molecule has 9 heteroatoms. The summed E-state index contributed by atoms with van der Waals surface area (Å²) in [4.78, 5) is 11.5. The molecule has 2 atom stereocenters. The van der Waals surface area contributed by atoms with Crippen LogP contribution in [-0.4, -0.2) is 73.0 Å². The number of aromatic nitrogens is 2. The molecule has 0 N–H and O–H groups in total. The third kappa shape index (κ3) is 3.89. The molecule has 0 bridgehead atoms. The fourth-order valence-electron chi connectivity index (χ4n) is 4.32. The van der Waals surface area contributed by atoms with Gasteiger partial charge in [0.25, 0.3) is 0 Å². The normalized spacial score (nSPS) is 25.1. The van der Waals surface area contributed by atoms with Gasteiger partial charge in [0.2, 0.25) is 15.9 Å². The van der Waals surface area contributed by atoms with E-state index in [1.54, 1.807) is 41.9 Å². The van der Waals surface area contributed by atoms with Crippen LogP contribution in [0.3, 0.4) is 0 Å². The van der Waals surface area contributed by atoms with Crippen LogP contribution in [-0.2, 0) is 10.0 Å². The van der Waals surface area contributed by atoms with Gasteiger partial charge in [0.05, 0.1) is 30.1 Å². The van der Waals surface area contributed by atoms with Crippen molar-refractivity contribution in [3.05, 3.63) is 42.4 Å². The molecular formula is C21H26N4O4S. The van der Waals surface area contributed by atoms with Crippen LogP contribution in [0.5, 0.6) is 11.6 Å². The topological polar surface area (TPSA) is 84.9 Å². The van der Waals surface area contributed by atoms with Crippen molar-refractivity contribution < 1.29 is 17.9 Å². The van der Waals surface area contributed by atoms with Crippen LogP contribution >= 0.6 is 0 Å². The Labute approximate surface area is 176 Å². The number of nitrogens with zero attached hydrogens (tertiary/aromatic N) is 4. The highest BCUT2D eigenvalue weighted by molar-refractivity contribution is 7.89. The number of hydrogen-bond donors (Lipinski definition) is 0. The Morgan fingerprint density at radius 1 is 1.03 bits per heavy atom. The lowest BCUT2D eigenvalue weighted by Crippen LogP contribution is -2.51. The molecule has 30 heavy (non-hydrogen) atoms. The molecule has 8 nitrogen and oxygen atoms in total. The Hall–Kier alpha value is -2.23. The van der Waals surface area contributed by atoms with Crippen molar-refractivity contribution in [2.24, 2.45) is 0 Å². The van der Waals surface area contributed by atoms with Gasteiger partial charge in [-0.15, -0.1) is 0 Å². The van der Waals surface area contributed by atoms with E-state index in [0.29, 0.717) is 42.1 Å². The molecule has 1 aromatic carbocycles. The van der Waals surface area contributed by atoms with Gasteiger partial charge in [0.1, 0.15) is 11.9 Å². The zero-order chi connectivity index (χ0) is 20.7. The second-order valence-corrected chi connectivity index (χ2v) is 10.2. The quantitative estimate of drug-likeness (QED) is 0.692. The maximum absolute atomic E-state index is 13.1. The second-order valence-electron chi connectivity index (χ2n) is 8.22. The first kappa shape index (κ1) is 19.7. The van der Waals surface area contributed by atoms with E-state index in [0.717, 1.165) is 18.7 Å². The van der Waals surface area contributed by atoms with E-state index in [4.69, 9.17) is 9.47 Å². The molecule has 0 spiro atoms. The summed E-state index contributed by atoms with van der Waals surface area (Å²) in [5.41, 5.74) is 1.05. The van der Waals surface area contributed by atoms with Crippen LogP contribution < -0.4 is 9.47 Å². The molecule has 0 unspecified atom stereocenters. The van der Waals surface area contributed by atoms with Gasteiger partial charge >= 0.3 is 0 Å². The number of fused-ring (bicyclic) bond motifs is 1. The van der Waals surface area contributed by atoms with E-state index in [2.05, 4.69) is 14.9 Å². The number of ether oxygens (including phenoxy) is 2. The van der Waals surface area contributed by atoms with Crippen LogP contribution in [0.1, 0.15) is 30.9 Å². The lowest BCUT2D eigenvalue weighted by atomic mass is 10.2. The minimum absolute atomic E-state index is 0.000263. The Balaban J connectivity index is 1.22. The zero-order valence-electron chi connectivity index (χ0n) is 17.0. The smallest absolute Gasteiger partial charge is 0.243 e. The second kappa shape index (κ2) is 7.79. The minimum Gasteiger partial charge on any atom is -0.497 e. The molecular weight excluding hydrogens is 404 g/mol. The van der Waals surface area contributed by atoms with Crippen molar-refractivity contribution in [1.29, 1.82) is 0 Å². The molecule has 160 valence electrons. The van der Waals surface area contributed by atoms with Gasteiger partial charge in [-0.1, -0.05) is 0 Å². The summed E-state index contributed by atoms with van der Waals surface area (Å²) in [5.74, 6) is 1.76. The average molecular weight is 431 g/mol. The van der Waals surface area contributed by atoms with Gasteiger partial charge in [-0.05, 0) is 37.1 Å². The Morgan fingerprint density at radius 2 is 1.83 bits per heavy atom. The van der Waals surface area contributed by atoms with Crippen molar-refractivity contribution in [1.82, 2.24) is 19.2 Å². The third-order valence-electron chi connectivity index (χ3n) is 6.17. The lowest BCUT2D eigenvalue weighted by molar-refractivity contribution is 0.151. The van der Waals surface area contributed by atoms with Crippen LogP contribution in [0.4, 0.5) is 0 Å². The van der Waals surface area contributed by atoms with Crippen LogP contribution in [0.2, 0.25) is 0 Å². The first-order chi connectivity index (χ1) is 14.5. The maximum Gasteiger partial charge on any atom is 0.243 e. The number of sulfonamides is 1. The number of piperazine rings is 1. The highest BCUT2D eigenvalue weighted by atomic mass is 32.2. The molecule has 1 saturated carbocycles. The predicted octanol–water partition coefficient (Wildman–Crippen LogP) is 1.89. The van der Waals surface area contributed by atoms with E-state index in [1.807, 2.05) is 6.20 Å². The monoisotopic (exact) mass is 430 g/mol. The maximum atomic E-state index is 13.1. The zero-order valence-corrected chi connectivity index (χ0v) is 17.8. The third-order valence-corrected chi connectivity index (χ3v) is 8.05. The largest absolute Gasteiger partial charge is 0.497 e. The number of methoxy groups -OCH3 is 1. The highest BCUT2D eigenvalue weighted by Gasteiger charge is 2.41. The highest BCUT2D eigenvalue weighted by Crippen LogP contribution is 2.38. The number of benzene rings is 1. The summed E-state index contributed by atoms with van der Waals surface area (Å²) in [5, 5.41) is 0. The lowest BCUT2D eigenvalue weighted by Gasteiger charge is -2.36. The van der Waals surface area contributed by atoms with Crippen LogP contribution in [0, 0.1) is 0 Å². The molecule has 2 aliphatic heterocycles. The van der Waals surface area contributed by atoms with Crippen molar-refractivity contribution in [3.63, 3.8) is 0 Å². The fraction of sp³-hybridized carbons (Fsp3) is 0.524. The Bertz CT molecular complexity index is 993. The van der Waals surface area contributed by atoms with Gasteiger partial charge in [0.15, 0.2) is 0 Å². The van der Waals surface area contributed by atoms with E-state index in [-0.39, 0.29) is 12.1 Å². The van der Waals surface area contributed by atoms with Crippen LogP contribution in [0.25, 0.3) is 0 Å². The summed E-state index contributed by atoms with van der Waals surface area (Å²) >= 11 is 0. The van der Waals surface area contributed by atoms with Gasteiger partial charge in [-0.2, -0.15) is 4.31 Å². The van der Waals surface area contributed by atoms with Crippen molar-refractivity contribution in [2.75, 3.05) is 33.3 Å². The average Bonchev–Trinajstić information content (AvgIpc) is 3.54. The molecule has 3 fully saturated rings. The molecule has 3 heterocycles.